The Bertz CT molecular complexity index is 106. The molecule has 0 aromatic carbocycles. The average Bonchev–Trinajstić information content (AvgIpc) is 1.59. The van der Waals surface area contributed by atoms with Gasteiger partial charge in [0.15, 0.2) is 0 Å². The molecule has 0 aromatic rings. The van der Waals surface area contributed by atoms with Gasteiger partial charge in [0.1, 0.15) is 5.60 Å². The summed E-state index contributed by atoms with van der Waals surface area (Å²) in [5.41, 5.74) is -0.296. The van der Waals surface area contributed by atoms with Gasteiger partial charge in [-0.15, -0.1) is 0 Å². The second-order valence-electron chi connectivity index (χ2n) is 3.57. The van der Waals surface area contributed by atoms with Gasteiger partial charge in [0.2, 0.25) is 0 Å². The minimum atomic E-state index is -0.296. The molecule has 0 saturated carbocycles. The molecule has 0 aliphatic carbocycles. The van der Waals surface area contributed by atoms with Crippen molar-refractivity contribution in [3.05, 3.63) is 0 Å². The molecule has 0 radical (unpaired) electrons. The van der Waals surface area contributed by atoms with Crippen molar-refractivity contribution >= 4 is 6.47 Å². The Hall–Kier alpha value is -0.530. The van der Waals surface area contributed by atoms with Crippen molar-refractivity contribution in [1.82, 2.24) is 0 Å². The minimum Gasteiger partial charge on any atom is -0.462 e. The monoisotopic (exact) mass is 144 g/mol. The van der Waals surface area contributed by atoms with Gasteiger partial charge >= 0.3 is 0 Å². The molecule has 0 saturated heterocycles. The summed E-state index contributed by atoms with van der Waals surface area (Å²) in [7, 11) is 0. The van der Waals surface area contributed by atoms with Crippen LogP contribution in [0.2, 0.25) is 0 Å². The lowest BCUT2D eigenvalue weighted by Gasteiger charge is -2.24. The molecule has 0 rings (SSSR count). The van der Waals surface area contributed by atoms with Gasteiger partial charge in [0.25, 0.3) is 6.47 Å². The molecule has 0 heterocycles. The van der Waals surface area contributed by atoms with Crippen molar-refractivity contribution in [1.29, 1.82) is 0 Å². The lowest BCUT2D eigenvalue weighted by Crippen LogP contribution is -2.25. The molecule has 2 heteroatoms. The van der Waals surface area contributed by atoms with Crippen LogP contribution in [0.4, 0.5) is 0 Å². The number of carbonyl (C=O) groups is 1. The van der Waals surface area contributed by atoms with E-state index in [0.717, 1.165) is 6.42 Å². The third kappa shape index (κ3) is 4.36. The van der Waals surface area contributed by atoms with Crippen molar-refractivity contribution in [3.63, 3.8) is 0 Å². The molecule has 0 aliphatic heterocycles. The summed E-state index contributed by atoms with van der Waals surface area (Å²) in [4.78, 5) is 9.98. The van der Waals surface area contributed by atoms with E-state index in [1.54, 1.807) is 0 Å². The largest absolute Gasteiger partial charge is 0.462 e. The summed E-state index contributed by atoms with van der Waals surface area (Å²) in [6, 6.07) is 0. The van der Waals surface area contributed by atoms with E-state index in [-0.39, 0.29) is 5.60 Å². The first kappa shape index (κ1) is 9.47. The summed E-state index contributed by atoms with van der Waals surface area (Å²) in [5.74, 6) is 0.565. The molecule has 2 nitrogen and oxygen atoms in total. The summed E-state index contributed by atoms with van der Waals surface area (Å²) >= 11 is 0. The van der Waals surface area contributed by atoms with Crippen molar-refractivity contribution in [2.75, 3.05) is 0 Å². The van der Waals surface area contributed by atoms with Crippen LogP contribution in [0.1, 0.15) is 34.1 Å². The first-order valence-corrected chi connectivity index (χ1v) is 3.59. The highest BCUT2D eigenvalue weighted by Gasteiger charge is 2.19. The molecule has 0 amide bonds. The van der Waals surface area contributed by atoms with Crippen molar-refractivity contribution in [3.8, 4) is 0 Å². The predicted octanol–water partition coefficient (Wildman–Crippen LogP) is 1.98. The predicted molar refractivity (Wildman–Crippen MR) is 40.7 cm³/mol. The smallest absolute Gasteiger partial charge is 0.293 e. The van der Waals surface area contributed by atoms with Crippen LogP contribution in [0.3, 0.4) is 0 Å². The highest BCUT2D eigenvalue weighted by molar-refractivity contribution is 5.38. The zero-order valence-electron chi connectivity index (χ0n) is 7.18. The highest BCUT2D eigenvalue weighted by atomic mass is 16.5. The zero-order chi connectivity index (χ0) is 8.20. The van der Waals surface area contributed by atoms with Gasteiger partial charge in [-0.1, -0.05) is 13.8 Å². The van der Waals surface area contributed by atoms with E-state index in [1.807, 2.05) is 13.8 Å². The molecular weight excluding hydrogens is 128 g/mol. The highest BCUT2D eigenvalue weighted by Crippen LogP contribution is 2.18. The molecule has 60 valence electrons. The normalized spacial score (nSPS) is 11.7. The minimum absolute atomic E-state index is 0.296. The fourth-order valence-corrected chi connectivity index (χ4v) is 1.16. The molecule has 0 aliphatic rings. The fraction of sp³-hybridized carbons (Fsp3) is 0.875. The fourth-order valence-electron chi connectivity index (χ4n) is 1.16. The Morgan fingerprint density at radius 3 is 2.30 bits per heavy atom. The van der Waals surface area contributed by atoms with E-state index in [2.05, 4.69) is 13.8 Å². The molecule has 10 heavy (non-hydrogen) atoms. The van der Waals surface area contributed by atoms with Crippen molar-refractivity contribution < 1.29 is 9.53 Å². The van der Waals surface area contributed by atoms with Crippen LogP contribution in [-0.4, -0.2) is 12.1 Å². The maximum absolute atomic E-state index is 9.98. The Kier molecular flexibility index (Phi) is 3.40. The molecule has 0 aromatic heterocycles. The van der Waals surface area contributed by atoms with Gasteiger partial charge in [-0.2, -0.15) is 0 Å². The van der Waals surface area contributed by atoms with Gasteiger partial charge in [-0.25, -0.2) is 0 Å². The number of ether oxygens (including phenoxy) is 1. The van der Waals surface area contributed by atoms with Gasteiger partial charge in [-0.3, -0.25) is 4.79 Å². The number of carbonyl (C=O) groups excluding carboxylic acids is 1. The zero-order valence-corrected chi connectivity index (χ0v) is 7.18. The standard InChI is InChI=1S/C8H16O2/c1-7(2)5-8(3,4)10-6-9/h6-7H,5H2,1-4H3. The van der Waals surface area contributed by atoms with Gasteiger partial charge in [-0.05, 0) is 26.2 Å². The molecule has 0 unspecified atom stereocenters. The first-order valence-electron chi connectivity index (χ1n) is 3.59. The Morgan fingerprint density at radius 2 is 2.00 bits per heavy atom. The van der Waals surface area contributed by atoms with Crippen LogP contribution in [0, 0.1) is 5.92 Å². The molecule has 0 atom stereocenters. The third-order valence-corrected chi connectivity index (χ3v) is 1.27. The number of hydrogen-bond donors (Lipinski definition) is 0. The van der Waals surface area contributed by atoms with Crippen LogP contribution < -0.4 is 0 Å². The van der Waals surface area contributed by atoms with Gasteiger partial charge in [0, 0.05) is 0 Å². The average molecular weight is 144 g/mol. The lowest BCUT2D eigenvalue weighted by atomic mass is 9.96. The molecule has 0 spiro atoms. The second kappa shape index (κ2) is 3.59. The van der Waals surface area contributed by atoms with Gasteiger partial charge in [0.05, 0.1) is 0 Å². The number of hydrogen-bond acceptors (Lipinski definition) is 2. The van der Waals surface area contributed by atoms with Crippen LogP contribution in [-0.2, 0) is 9.53 Å². The van der Waals surface area contributed by atoms with Crippen molar-refractivity contribution in [2.24, 2.45) is 5.92 Å². The summed E-state index contributed by atoms with van der Waals surface area (Å²) in [6.07, 6.45) is 0.908. The lowest BCUT2D eigenvalue weighted by molar-refractivity contribution is -0.141. The molecule has 0 bridgehead atoms. The van der Waals surface area contributed by atoms with E-state index >= 15 is 0 Å². The maximum atomic E-state index is 9.98. The van der Waals surface area contributed by atoms with E-state index in [1.165, 1.54) is 0 Å². The van der Waals surface area contributed by atoms with E-state index < -0.39 is 0 Å². The van der Waals surface area contributed by atoms with Crippen LogP contribution in [0.5, 0.6) is 0 Å². The Labute approximate surface area is 62.6 Å². The van der Waals surface area contributed by atoms with Crippen LogP contribution in [0.25, 0.3) is 0 Å². The summed E-state index contributed by atoms with van der Waals surface area (Å²) < 4.78 is 4.86. The van der Waals surface area contributed by atoms with Crippen LogP contribution >= 0.6 is 0 Å². The van der Waals surface area contributed by atoms with Crippen molar-refractivity contribution in [2.45, 2.75) is 39.7 Å². The van der Waals surface area contributed by atoms with E-state index in [4.69, 9.17) is 4.74 Å². The topological polar surface area (TPSA) is 26.3 Å². The van der Waals surface area contributed by atoms with Crippen LogP contribution in [0.15, 0.2) is 0 Å². The Morgan fingerprint density at radius 1 is 1.50 bits per heavy atom. The third-order valence-electron chi connectivity index (χ3n) is 1.27. The molecule has 0 N–H and O–H groups in total. The maximum Gasteiger partial charge on any atom is 0.293 e. The summed E-state index contributed by atoms with van der Waals surface area (Å²) in [6.45, 7) is 8.57. The van der Waals surface area contributed by atoms with E-state index in [0.29, 0.717) is 12.4 Å². The SMILES string of the molecule is CC(C)CC(C)(C)OC=O. The molecule has 0 fully saturated rings. The molecular formula is C8H16O2. The second-order valence-corrected chi connectivity index (χ2v) is 3.57. The number of rotatable bonds is 4. The summed E-state index contributed by atoms with van der Waals surface area (Å²) in [5, 5.41) is 0. The quantitative estimate of drug-likeness (QED) is 0.564. The Balaban J connectivity index is 3.73. The van der Waals surface area contributed by atoms with E-state index in [9.17, 15) is 4.79 Å². The van der Waals surface area contributed by atoms with Gasteiger partial charge < -0.3 is 4.74 Å². The first-order chi connectivity index (χ1) is 4.48.